The van der Waals surface area contributed by atoms with Crippen LogP contribution < -0.4 is 9.64 Å². The summed E-state index contributed by atoms with van der Waals surface area (Å²) in [7, 11) is -0.671. The van der Waals surface area contributed by atoms with Crippen LogP contribution in [0.3, 0.4) is 0 Å². The molecule has 1 aliphatic rings. The maximum Gasteiger partial charge on any atom is 0.258 e. The normalized spacial score (nSPS) is 20.3. The lowest BCUT2D eigenvalue weighted by molar-refractivity contribution is 0.0992. The summed E-state index contributed by atoms with van der Waals surface area (Å²) in [5, 5.41) is 0. The molecule has 0 N–H and O–H groups in total. The van der Waals surface area contributed by atoms with Gasteiger partial charge in [-0.25, -0.2) is 8.42 Å². The molecule has 3 rings (SSSR count). The first-order chi connectivity index (χ1) is 13.7. The summed E-state index contributed by atoms with van der Waals surface area (Å²) < 4.78 is 33.6. The summed E-state index contributed by atoms with van der Waals surface area (Å²) in [6, 6.07) is 13.8. The quantitative estimate of drug-likeness (QED) is 0.746. The molecular formula is C22H28N2O4S. The number of sulfonamides is 1. The Morgan fingerprint density at radius 3 is 2.28 bits per heavy atom. The number of methoxy groups -OCH3 is 1. The molecule has 1 saturated heterocycles. The summed E-state index contributed by atoms with van der Waals surface area (Å²) in [4.78, 5) is 14.5. The third-order valence-corrected chi connectivity index (χ3v) is 7.16. The van der Waals surface area contributed by atoms with Crippen molar-refractivity contribution in [1.29, 1.82) is 0 Å². The average Bonchev–Trinajstić information content (AvgIpc) is 2.72. The highest BCUT2D eigenvalue weighted by molar-refractivity contribution is 7.89. The molecule has 1 fully saturated rings. The minimum atomic E-state index is -3.78. The highest BCUT2D eigenvalue weighted by Crippen LogP contribution is 2.32. The number of hydrogen-bond acceptors (Lipinski definition) is 4. The molecule has 0 saturated carbocycles. The van der Waals surface area contributed by atoms with Crippen LogP contribution in [0.4, 0.5) is 5.69 Å². The van der Waals surface area contributed by atoms with Crippen LogP contribution in [0, 0.1) is 11.8 Å². The number of nitrogens with zero attached hydrogens (tertiary/aromatic N) is 2. The Morgan fingerprint density at radius 2 is 1.69 bits per heavy atom. The zero-order valence-electron chi connectivity index (χ0n) is 17.3. The van der Waals surface area contributed by atoms with E-state index in [2.05, 4.69) is 13.8 Å². The second-order valence-electron chi connectivity index (χ2n) is 7.83. The number of rotatable bonds is 5. The van der Waals surface area contributed by atoms with Crippen molar-refractivity contribution in [2.45, 2.75) is 25.2 Å². The van der Waals surface area contributed by atoms with Crippen LogP contribution in [0.5, 0.6) is 5.75 Å². The van der Waals surface area contributed by atoms with Gasteiger partial charge in [0, 0.05) is 31.4 Å². The van der Waals surface area contributed by atoms with E-state index in [9.17, 15) is 13.2 Å². The van der Waals surface area contributed by atoms with Crippen molar-refractivity contribution in [3.63, 3.8) is 0 Å². The summed E-state index contributed by atoms with van der Waals surface area (Å²) >= 11 is 0. The van der Waals surface area contributed by atoms with E-state index in [1.807, 2.05) is 30.3 Å². The van der Waals surface area contributed by atoms with E-state index in [1.165, 1.54) is 22.4 Å². The molecule has 0 radical (unpaired) electrons. The van der Waals surface area contributed by atoms with Crippen LogP contribution in [-0.2, 0) is 10.0 Å². The zero-order valence-corrected chi connectivity index (χ0v) is 18.1. The first-order valence-corrected chi connectivity index (χ1v) is 11.2. The predicted molar refractivity (Wildman–Crippen MR) is 114 cm³/mol. The second kappa shape index (κ2) is 8.55. The van der Waals surface area contributed by atoms with E-state index in [0.717, 1.165) is 12.1 Å². The van der Waals surface area contributed by atoms with E-state index in [0.29, 0.717) is 18.7 Å². The number of carbonyl (C=O) groups excluding carboxylic acids is 1. The maximum absolute atomic E-state index is 13.4. The molecule has 0 bridgehead atoms. The summed E-state index contributed by atoms with van der Waals surface area (Å²) in [5.41, 5.74) is 1.03. The van der Waals surface area contributed by atoms with Crippen LogP contribution in [-0.4, -0.2) is 45.9 Å². The first-order valence-electron chi connectivity index (χ1n) is 9.75. The molecular weight excluding hydrogens is 388 g/mol. The average molecular weight is 417 g/mol. The molecule has 156 valence electrons. The van der Waals surface area contributed by atoms with Crippen molar-refractivity contribution in [1.82, 2.24) is 4.31 Å². The minimum Gasteiger partial charge on any atom is -0.495 e. The fourth-order valence-electron chi connectivity index (χ4n) is 3.91. The van der Waals surface area contributed by atoms with Crippen LogP contribution >= 0.6 is 0 Å². The summed E-state index contributed by atoms with van der Waals surface area (Å²) in [6.07, 6.45) is 1.00. The third-order valence-electron chi connectivity index (χ3n) is 5.31. The molecule has 2 aromatic carbocycles. The standard InChI is InChI=1S/C22H28N2O4S/c1-16-12-17(2)15-24(14-16)29(26,27)21-13-18(10-11-20(21)28-4)22(25)23(3)19-8-6-5-7-9-19/h5-11,13,16-17H,12,14-15H2,1-4H3. The van der Waals surface area contributed by atoms with Gasteiger partial charge in [-0.3, -0.25) is 4.79 Å². The predicted octanol–water partition coefficient (Wildman–Crippen LogP) is 3.64. The van der Waals surface area contributed by atoms with Gasteiger partial charge >= 0.3 is 0 Å². The molecule has 2 unspecified atom stereocenters. The molecule has 0 aromatic heterocycles. The second-order valence-corrected chi connectivity index (χ2v) is 9.74. The number of para-hydroxylation sites is 1. The lowest BCUT2D eigenvalue weighted by Crippen LogP contribution is -2.42. The Bertz CT molecular complexity index is 966. The SMILES string of the molecule is COc1ccc(C(=O)N(C)c2ccccc2)cc1S(=O)(=O)N1CC(C)CC(C)C1. The topological polar surface area (TPSA) is 66.9 Å². The molecule has 2 aromatic rings. The number of amides is 1. The van der Waals surface area contributed by atoms with Gasteiger partial charge in [-0.15, -0.1) is 0 Å². The van der Waals surface area contributed by atoms with Crippen molar-refractivity contribution >= 4 is 21.6 Å². The lowest BCUT2D eigenvalue weighted by atomic mass is 9.94. The molecule has 0 spiro atoms. The Morgan fingerprint density at radius 1 is 1.07 bits per heavy atom. The van der Waals surface area contributed by atoms with E-state index in [4.69, 9.17) is 4.74 Å². The Kier molecular flexibility index (Phi) is 6.29. The van der Waals surface area contributed by atoms with Gasteiger partial charge in [-0.2, -0.15) is 4.31 Å². The fourth-order valence-corrected chi connectivity index (χ4v) is 5.78. The smallest absolute Gasteiger partial charge is 0.258 e. The number of ether oxygens (including phenoxy) is 1. The van der Waals surface area contributed by atoms with Crippen LogP contribution in [0.2, 0.25) is 0 Å². The van der Waals surface area contributed by atoms with Gasteiger partial charge in [0.2, 0.25) is 10.0 Å². The number of benzene rings is 2. The Balaban J connectivity index is 1.98. The van der Waals surface area contributed by atoms with Crippen molar-refractivity contribution < 1.29 is 17.9 Å². The molecule has 7 heteroatoms. The maximum atomic E-state index is 13.4. The van der Waals surface area contributed by atoms with E-state index >= 15 is 0 Å². The molecule has 1 aliphatic heterocycles. The Hall–Kier alpha value is -2.38. The van der Waals surface area contributed by atoms with Gasteiger partial charge in [-0.05, 0) is 48.6 Å². The van der Waals surface area contributed by atoms with Crippen LogP contribution in [0.15, 0.2) is 53.4 Å². The largest absolute Gasteiger partial charge is 0.495 e. The van der Waals surface area contributed by atoms with Crippen molar-refractivity contribution in [2.24, 2.45) is 11.8 Å². The third kappa shape index (κ3) is 4.46. The number of hydrogen-bond donors (Lipinski definition) is 0. The van der Waals surface area contributed by atoms with Gasteiger partial charge < -0.3 is 9.64 Å². The van der Waals surface area contributed by atoms with E-state index in [-0.39, 0.29) is 28.4 Å². The van der Waals surface area contributed by atoms with Gasteiger partial charge in [0.1, 0.15) is 10.6 Å². The van der Waals surface area contributed by atoms with Crippen molar-refractivity contribution in [2.75, 3.05) is 32.1 Å². The number of anilines is 1. The molecule has 0 aliphatic carbocycles. The first kappa shape index (κ1) is 21.3. The zero-order chi connectivity index (χ0) is 21.2. The fraction of sp³-hybridized carbons (Fsp3) is 0.409. The lowest BCUT2D eigenvalue weighted by Gasteiger charge is -2.34. The van der Waals surface area contributed by atoms with Gasteiger partial charge in [0.25, 0.3) is 5.91 Å². The van der Waals surface area contributed by atoms with E-state index in [1.54, 1.807) is 19.2 Å². The van der Waals surface area contributed by atoms with Crippen LogP contribution in [0.1, 0.15) is 30.6 Å². The van der Waals surface area contributed by atoms with Gasteiger partial charge in [0.15, 0.2) is 0 Å². The van der Waals surface area contributed by atoms with Gasteiger partial charge in [0.05, 0.1) is 7.11 Å². The van der Waals surface area contributed by atoms with E-state index < -0.39 is 10.0 Å². The molecule has 29 heavy (non-hydrogen) atoms. The monoisotopic (exact) mass is 416 g/mol. The Labute approximate surface area is 173 Å². The summed E-state index contributed by atoms with van der Waals surface area (Å²) in [6.45, 7) is 5.06. The van der Waals surface area contributed by atoms with Gasteiger partial charge in [-0.1, -0.05) is 32.0 Å². The molecule has 1 heterocycles. The molecule has 2 atom stereocenters. The molecule has 6 nitrogen and oxygen atoms in total. The number of carbonyl (C=O) groups is 1. The van der Waals surface area contributed by atoms with Crippen molar-refractivity contribution in [3.8, 4) is 5.75 Å². The minimum absolute atomic E-state index is 0.0358. The highest BCUT2D eigenvalue weighted by Gasteiger charge is 2.34. The molecule has 1 amide bonds. The number of piperidine rings is 1. The van der Waals surface area contributed by atoms with Crippen LogP contribution in [0.25, 0.3) is 0 Å². The summed E-state index contributed by atoms with van der Waals surface area (Å²) in [5.74, 6) is 0.535. The van der Waals surface area contributed by atoms with Crippen molar-refractivity contribution in [3.05, 3.63) is 54.1 Å². The highest BCUT2D eigenvalue weighted by atomic mass is 32.2.